The Morgan fingerprint density at radius 3 is 2.38 bits per heavy atom. The number of nitrogens with one attached hydrogen (secondary N) is 1. The first-order chi connectivity index (χ1) is 6.11. The summed E-state index contributed by atoms with van der Waals surface area (Å²) >= 11 is 0. The molecule has 0 radical (unpaired) electrons. The molecule has 0 fully saturated rings. The molecule has 0 amide bonds. The van der Waals surface area contributed by atoms with Gasteiger partial charge in [0.05, 0.1) is 11.0 Å². The number of hydrogen-bond donors (Lipinski definition) is 1. The van der Waals surface area contributed by atoms with Gasteiger partial charge in [-0.1, -0.05) is 6.07 Å². The molecule has 3 nitrogen and oxygen atoms in total. The predicted octanol–water partition coefficient (Wildman–Crippen LogP) is 1.30. The topological polar surface area (TPSA) is 33.7 Å². The fourth-order valence-electron chi connectivity index (χ4n) is 1.64. The zero-order valence-electron chi connectivity index (χ0n) is 8.13. The third kappa shape index (κ3) is 1.00. The van der Waals surface area contributed by atoms with E-state index in [-0.39, 0.29) is 0 Å². The predicted molar refractivity (Wildman–Crippen MR) is 52.5 cm³/mol. The molecule has 2 aromatic rings. The van der Waals surface area contributed by atoms with Crippen molar-refractivity contribution in [3.05, 3.63) is 29.4 Å². The van der Waals surface area contributed by atoms with E-state index in [0.717, 1.165) is 11.0 Å². The van der Waals surface area contributed by atoms with Crippen LogP contribution >= 0.6 is 0 Å². The first-order valence-electron chi connectivity index (χ1n) is 4.28. The molecule has 0 aliphatic rings. The molecule has 0 atom stereocenters. The standard InChI is InChI=1S/C10H13N3/c1-7-4-5-8-9(6-7)13(3)10(11)12(8)2/h4-6,11H,1-3H3. The second-order valence-corrected chi connectivity index (χ2v) is 3.43. The van der Waals surface area contributed by atoms with Crippen LogP contribution in [0.4, 0.5) is 0 Å². The van der Waals surface area contributed by atoms with Crippen molar-refractivity contribution in [1.82, 2.24) is 9.13 Å². The van der Waals surface area contributed by atoms with Crippen LogP contribution in [0.3, 0.4) is 0 Å². The number of benzene rings is 1. The number of imidazole rings is 1. The first kappa shape index (κ1) is 8.10. The summed E-state index contributed by atoms with van der Waals surface area (Å²) in [4.78, 5) is 0. The Balaban J connectivity index is 3.04. The van der Waals surface area contributed by atoms with Crippen LogP contribution in [-0.2, 0) is 14.1 Å². The van der Waals surface area contributed by atoms with Gasteiger partial charge in [0.25, 0.3) is 0 Å². The van der Waals surface area contributed by atoms with E-state index in [1.54, 1.807) is 0 Å². The summed E-state index contributed by atoms with van der Waals surface area (Å²) in [5.41, 5.74) is 3.99. The molecule has 1 N–H and O–H groups in total. The molecule has 0 saturated carbocycles. The van der Waals surface area contributed by atoms with Crippen molar-refractivity contribution in [2.24, 2.45) is 14.1 Å². The van der Waals surface area contributed by atoms with Gasteiger partial charge in [-0.05, 0) is 24.6 Å². The van der Waals surface area contributed by atoms with Crippen molar-refractivity contribution >= 4 is 11.0 Å². The van der Waals surface area contributed by atoms with Crippen LogP contribution in [0.2, 0.25) is 0 Å². The van der Waals surface area contributed by atoms with E-state index >= 15 is 0 Å². The second kappa shape index (κ2) is 2.49. The molecule has 68 valence electrons. The lowest BCUT2D eigenvalue weighted by Gasteiger charge is -1.95. The summed E-state index contributed by atoms with van der Waals surface area (Å²) in [7, 11) is 3.84. The number of fused-ring (bicyclic) bond motifs is 1. The highest BCUT2D eigenvalue weighted by Crippen LogP contribution is 2.12. The minimum absolute atomic E-state index is 0.528. The maximum Gasteiger partial charge on any atom is 0.202 e. The maximum atomic E-state index is 7.77. The zero-order chi connectivity index (χ0) is 9.59. The van der Waals surface area contributed by atoms with Gasteiger partial charge in [0.1, 0.15) is 0 Å². The smallest absolute Gasteiger partial charge is 0.202 e. The van der Waals surface area contributed by atoms with E-state index in [1.807, 2.05) is 23.2 Å². The van der Waals surface area contributed by atoms with Crippen molar-refractivity contribution in [3.8, 4) is 0 Å². The Morgan fingerprint density at radius 1 is 1.08 bits per heavy atom. The van der Waals surface area contributed by atoms with Crippen molar-refractivity contribution in [1.29, 1.82) is 5.41 Å². The number of aryl methyl sites for hydroxylation is 3. The van der Waals surface area contributed by atoms with Gasteiger partial charge in [0, 0.05) is 14.1 Å². The number of rotatable bonds is 0. The summed E-state index contributed by atoms with van der Waals surface area (Å²) in [5, 5.41) is 7.77. The monoisotopic (exact) mass is 175 g/mol. The van der Waals surface area contributed by atoms with E-state index < -0.39 is 0 Å². The average molecular weight is 175 g/mol. The van der Waals surface area contributed by atoms with Gasteiger partial charge in [0.15, 0.2) is 0 Å². The molecule has 0 bridgehead atoms. The summed E-state index contributed by atoms with van der Waals surface area (Å²) in [6, 6.07) is 6.23. The Morgan fingerprint density at radius 2 is 1.69 bits per heavy atom. The van der Waals surface area contributed by atoms with Gasteiger partial charge < -0.3 is 9.13 Å². The lowest BCUT2D eigenvalue weighted by Crippen LogP contribution is -2.19. The molecule has 0 spiro atoms. The van der Waals surface area contributed by atoms with Crippen molar-refractivity contribution in [2.45, 2.75) is 6.92 Å². The zero-order valence-corrected chi connectivity index (χ0v) is 8.13. The third-order valence-corrected chi connectivity index (χ3v) is 2.49. The molecule has 0 unspecified atom stereocenters. The van der Waals surface area contributed by atoms with Gasteiger partial charge in [-0.15, -0.1) is 0 Å². The van der Waals surface area contributed by atoms with Gasteiger partial charge >= 0.3 is 0 Å². The second-order valence-electron chi connectivity index (χ2n) is 3.43. The van der Waals surface area contributed by atoms with Gasteiger partial charge in [0.2, 0.25) is 5.62 Å². The fraction of sp³-hybridized carbons (Fsp3) is 0.300. The van der Waals surface area contributed by atoms with E-state index in [1.165, 1.54) is 5.56 Å². The van der Waals surface area contributed by atoms with Crippen LogP contribution in [0.25, 0.3) is 11.0 Å². The summed E-state index contributed by atoms with van der Waals surface area (Å²) in [6.07, 6.45) is 0. The van der Waals surface area contributed by atoms with E-state index in [0.29, 0.717) is 5.62 Å². The van der Waals surface area contributed by atoms with Crippen LogP contribution in [0.1, 0.15) is 5.56 Å². The summed E-state index contributed by atoms with van der Waals surface area (Å²) < 4.78 is 3.77. The van der Waals surface area contributed by atoms with Crippen LogP contribution in [0.15, 0.2) is 18.2 Å². The fourth-order valence-corrected chi connectivity index (χ4v) is 1.64. The quantitative estimate of drug-likeness (QED) is 0.626. The highest BCUT2D eigenvalue weighted by atomic mass is 15.1. The van der Waals surface area contributed by atoms with Crippen LogP contribution < -0.4 is 5.62 Å². The first-order valence-corrected chi connectivity index (χ1v) is 4.28. The number of hydrogen-bond acceptors (Lipinski definition) is 1. The molecular formula is C10H13N3. The minimum Gasteiger partial charge on any atom is -0.313 e. The lowest BCUT2D eigenvalue weighted by atomic mass is 10.2. The Kier molecular flexibility index (Phi) is 1.55. The van der Waals surface area contributed by atoms with Crippen molar-refractivity contribution in [2.75, 3.05) is 0 Å². The highest BCUT2D eigenvalue weighted by molar-refractivity contribution is 5.76. The van der Waals surface area contributed by atoms with Gasteiger partial charge in [-0.25, -0.2) is 0 Å². The summed E-state index contributed by atoms with van der Waals surface area (Å²) in [5.74, 6) is 0. The largest absolute Gasteiger partial charge is 0.313 e. The van der Waals surface area contributed by atoms with E-state index in [9.17, 15) is 0 Å². The molecular weight excluding hydrogens is 162 g/mol. The Hall–Kier alpha value is -1.51. The number of aromatic nitrogens is 2. The van der Waals surface area contributed by atoms with Crippen molar-refractivity contribution < 1.29 is 0 Å². The van der Waals surface area contributed by atoms with Crippen LogP contribution in [-0.4, -0.2) is 9.13 Å². The van der Waals surface area contributed by atoms with Crippen LogP contribution in [0.5, 0.6) is 0 Å². The van der Waals surface area contributed by atoms with Gasteiger partial charge in [-0.2, -0.15) is 0 Å². The highest BCUT2D eigenvalue weighted by Gasteiger charge is 2.03. The normalized spacial score (nSPS) is 11.0. The maximum absolute atomic E-state index is 7.77. The average Bonchev–Trinajstić information content (AvgIpc) is 2.32. The molecule has 0 aliphatic heterocycles. The summed E-state index contributed by atoms with van der Waals surface area (Å²) in [6.45, 7) is 2.07. The molecule has 0 saturated heterocycles. The lowest BCUT2D eigenvalue weighted by molar-refractivity contribution is 0.742. The molecule has 1 aromatic carbocycles. The number of nitrogens with zero attached hydrogens (tertiary/aromatic N) is 2. The van der Waals surface area contributed by atoms with Crippen LogP contribution in [0, 0.1) is 12.3 Å². The van der Waals surface area contributed by atoms with Gasteiger partial charge in [-0.3, -0.25) is 5.41 Å². The molecule has 1 aromatic heterocycles. The molecule has 13 heavy (non-hydrogen) atoms. The molecule has 1 heterocycles. The third-order valence-electron chi connectivity index (χ3n) is 2.49. The Labute approximate surface area is 76.7 Å². The van der Waals surface area contributed by atoms with E-state index in [2.05, 4.69) is 25.1 Å². The molecule has 0 aliphatic carbocycles. The SMILES string of the molecule is Cc1ccc2c(c1)n(C)c(=N)n2C. The minimum atomic E-state index is 0.528. The Bertz CT molecular complexity index is 517. The van der Waals surface area contributed by atoms with Crippen molar-refractivity contribution in [3.63, 3.8) is 0 Å². The molecule has 2 rings (SSSR count). The molecule has 3 heteroatoms. The van der Waals surface area contributed by atoms with E-state index in [4.69, 9.17) is 5.41 Å².